The Bertz CT molecular complexity index is 573. The molecule has 0 fully saturated rings. The second kappa shape index (κ2) is 5.47. The Labute approximate surface area is 112 Å². The van der Waals surface area contributed by atoms with Crippen LogP contribution in [0.15, 0.2) is 48.5 Å². The standard InChI is InChI=1S/C14H15O4P/c1-11-5-3-7-13(9-11)17-19(15,16)18-14-8-4-6-12(2)10-14/h3-10H,1-2H3,(H,15,16). The summed E-state index contributed by atoms with van der Waals surface area (Å²) in [5.74, 6) is 0.608. The molecule has 5 heteroatoms. The smallest absolute Gasteiger partial charge is 0.395 e. The Morgan fingerprint density at radius 3 is 1.68 bits per heavy atom. The van der Waals surface area contributed by atoms with Crippen molar-refractivity contribution >= 4 is 7.82 Å². The summed E-state index contributed by atoms with van der Waals surface area (Å²) in [5, 5.41) is 0. The van der Waals surface area contributed by atoms with Crippen molar-refractivity contribution in [3.8, 4) is 11.5 Å². The Balaban J connectivity index is 2.12. The fourth-order valence-electron chi connectivity index (χ4n) is 1.63. The van der Waals surface area contributed by atoms with Gasteiger partial charge in [-0.2, -0.15) is 0 Å². The molecule has 0 aromatic heterocycles. The molecule has 4 nitrogen and oxygen atoms in total. The number of hydrogen-bond donors (Lipinski definition) is 1. The van der Waals surface area contributed by atoms with E-state index in [0.717, 1.165) is 11.1 Å². The van der Waals surface area contributed by atoms with E-state index in [1.807, 2.05) is 26.0 Å². The third kappa shape index (κ3) is 4.12. The Morgan fingerprint density at radius 2 is 1.32 bits per heavy atom. The van der Waals surface area contributed by atoms with Crippen molar-refractivity contribution in [2.75, 3.05) is 0 Å². The van der Waals surface area contributed by atoms with Gasteiger partial charge in [-0.15, -0.1) is 0 Å². The van der Waals surface area contributed by atoms with Crippen molar-refractivity contribution in [2.24, 2.45) is 0 Å². The first-order valence-electron chi connectivity index (χ1n) is 5.80. The van der Waals surface area contributed by atoms with E-state index in [1.165, 1.54) is 0 Å². The lowest BCUT2D eigenvalue weighted by atomic mass is 10.2. The molecule has 0 radical (unpaired) electrons. The molecule has 2 aromatic rings. The van der Waals surface area contributed by atoms with Crippen LogP contribution >= 0.6 is 7.82 Å². The van der Waals surface area contributed by atoms with E-state index in [1.54, 1.807) is 36.4 Å². The third-order valence-corrected chi connectivity index (χ3v) is 3.30. The van der Waals surface area contributed by atoms with Crippen molar-refractivity contribution in [1.29, 1.82) is 0 Å². The van der Waals surface area contributed by atoms with Gasteiger partial charge in [0.2, 0.25) is 0 Å². The van der Waals surface area contributed by atoms with Gasteiger partial charge in [-0.1, -0.05) is 24.3 Å². The summed E-state index contributed by atoms with van der Waals surface area (Å²) < 4.78 is 21.9. The largest absolute Gasteiger partial charge is 0.584 e. The lowest BCUT2D eigenvalue weighted by Gasteiger charge is -2.14. The number of phosphoric ester groups is 1. The summed E-state index contributed by atoms with van der Waals surface area (Å²) in [6.45, 7) is 3.74. The average molecular weight is 278 g/mol. The summed E-state index contributed by atoms with van der Waals surface area (Å²) in [7, 11) is -4.18. The van der Waals surface area contributed by atoms with Crippen LogP contribution in [-0.4, -0.2) is 4.89 Å². The first kappa shape index (κ1) is 13.7. The molecule has 0 amide bonds. The van der Waals surface area contributed by atoms with E-state index in [2.05, 4.69) is 0 Å². The predicted molar refractivity (Wildman–Crippen MR) is 73.4 cm³/mol. The predicted octanol–water partition coefficient (Wildman–Crippen LogP) is 3.86. The van der Waals surface area contributed by atoms with Gasteiger partial charge in [0.15, 0.2) is 0 Å². The molecule has 0 atom stereocenters. The van der Waals surface area contributed by atoms with Gasteiger partial charge in [0.05, 0.1) is 0 Å². The van der Waals surface area contributed by atoms with Gasteiger partial charge in [0.25, 0.3) is 0 Å². The molecule has 0 aliphatic rings. The molecule has 0 aliphatic carbocycles. The molecule has 0 unspecified atom stereocenters. The molecular formula is C14H15O4P. The highest BCUT2D eigenvalue weighted by atomic mass is 31.2. The van der Waals surface area contributed by atoms with Crippen LogP contribution in [0.3, 0.4) is 0 Å². The number of rotatable bonds is 4. The zero-order valence-electron chi connectivity index (χ0n) is 10.7. The highest BCUT2D eigenvalue weighted by Gasteiger charge is 2.25. The minimum Gasteiger partial charge on any atom is -0.395 e. The molecule has 1 N–H and O–H groups in total. The van der Waals surface area contributed by atoms with Crippen molar-refractivity contribution in [1.82, 2.24) is 0 Å². The highest BCUT2D eigenvalue weighted by molar-refractivity contribution is 7.48. The van der Waals surface area contributed by atoms with E-state index in [9.17, 15) is 9.46 Å². The normalized spacial score (nSPS) is 11.1. The van der Waals surface area contributed by atoms with Gasteiger partial charge in [-0.25, -0.2) is 4.57 Å². The van der Waals surface area contributed by atoms with Crippen molar-refractivity contribution in [3.63, 3.8) is 0 Å². The topological polar surface area (TPSA) is 55.8 Å². The maximum atomic E-state index is 11.9. The number of phosphoric acid groups is 1. The fraction of sp³-hybridized carbons (Fsp3) is 0.143. The second-order valence-electron chi connectivity index (χ2n) is 4.28. The molecule has 2 rings (SSSR count). The molecular weight excluding hydrogens is 263 g/mol. The number of aryl methyl sites for hydroxylation is 2. The highest BCUT2D eigenvalue weighted by Crippen LogP contribution is 2.44. The zero-order valence-corrected chi connectivity index (χ0v) is 11.6. The lowest BCUT2D eigenvalue weighted by molar-refractivity contribution is 0.291. The van der Waals surface area contributed by atoms with Crippen LogP contribution in [0.4, 0.5) is 0 Å². The van der Waals surface area contributed by atoms with Crippen molar-refractivity contribution < 1.29 is 18.5 Å². The summed E-state index contributed by atoms with van der Waals surface area (Å²) in [4.78, 5) is 9.71. The molecule has 100 valence electrons. The summed E-state index contributed by atoms with van der Waals surface area (Å²) in [6, 6.07) is 13.8. The molecule has 0 saturated carbocycles. The maximum absolute atomic E-state index is 11.9. The van der Waals surface area contributed by atoms with Crippen molar-refractivity contribution in [3.05, 3.63) is 59.7 Å². The molecule has 0 bridgehead atoms. The van der Waals surface area contributed by atoms with Crippen LogP contribution in [0, 0.1) is 13.8 Å². The van der Waals surface area contributed by atoms with Gasteiger partial charge in [-0.3, -0.25) is 4.89 Å². The van der Waals surface area contributed by atoms with E-state index in [-0.39, 0.29) is 0 Å². The van der Waals surface area contributed by atoms with Gasteiger partial charge in [0, 0.05) is 0 Å². The van der Waals surface area contributed by atoms with E-state index < -0.39 is 7.82 Å². The van der Waals surface area contributed by atoms with E-state index >= 15 is 0 Å². The van der Waals surface area contributed by atoms with Gasteiger partial charge in [-0.05, 0) is 49.2 Å². The Morgan fingerprint density at radius 1 is 0.895 bits per heavy atom. The molecule has 0 heterocycles. The van der Waals surface area contributed by atoms with Crippen LogP contribution in [-0.2, 0) is 4.57 Å². The monoisotopic (exact) mass is 278 g/mol. The lowest BCUT2D eigenvalue weighted by Crippen LogP contribution is -2.00. The first-order valence-corrected chi connectivity index (χ1v) is 7.29. The third-order valence-electron chi connectivity index (χ3n) is 2.42. The number of hydrogen-bond acceptors (Lipinski definition) is 3. The number of benzene rings is 2. The summed E-state index contributed by atoms with van der Waals surface area (Å²) in [5.41, 5.74) is 1.88. The molecule has 19 heavy (non-hydrogen) atoms. The van der Waals surface area contributed by atoms with Crippen LogP contribution in [0.25, 0.3) is 0 Å². The molecule has 0 aliphatic heterocycles. The molecule has 0 saturated heterocycles. The van der Waals surface area contributed by atoms with Gasteiger partial charge >= 0.3 is 7.82 Å². The molecule has 2 aromatic carbocycles. The Hall–Kier alpha value is -1.77. The van der Waals surface area contributed by atoms with E-state index in [4.69, 9.17) is 9.05 Å². The summed E-state index contributed by atoms with van der Waals surface area (Å²) >= 11 is 0. The average Bonchev–Trinajstić information content (AvgIpc) is 2.27. The van der Waals surface area contributed by atoms with Crippen LogP contribution in [0.2, 0.25) is 0 Å². The summed E-state index contributed by atoms with van der Waals surface area (Å²) in [6.07, 6.45) is 0. The van der Waals surface area contributed by atoms with Gasteiger partial charge < -0.3 is 9.05 Å². The molecule has 0 spiro atoms. The quantitative estimate of drug-likeness (QED) is 0.863. The van der Waals surface area contributed by atoms with Crippen LogP contribution < -0.4 is 9.05 Å². The minimum atomic E-state index is -4.18. The maximum Gasteiger partial charge on any atom is 0.584 e. The fourth-order valence-corrected chi connectivity index (χ4v) is 2.43. The van der Waals surface area contributed by atoms with Crippen LogP contribution in [0.5, 0.6) is 11.5 Å². The minimum absolute atomic E-state index is 0.304. The van der Waals surface area contributed by atoms with Gasteiger partial charge in [0.1, 0.15) is 11.5 Å². The first-order chi connectivity index (χ1) is 8.94. The SMILES string of the molecule is Cc1cccc(OP(=O)(O)Oc2cccc(C)c2)c1. The van der Waals surface area contributed by atoms with Crippen molar-refractivity contribution in [2.45, 2.75) is 13.8 Å². The van der Waals surface area contributed by atoms with E-state index in [0.29, 0.717) is 11.5 Å². The Kier molecular flexibility index (Phi) is 3.93. The second-order valence-corrected chi connectivity index (χ2v) is 5.59. The van der Waals surface area contributed by atoms with Crippen LogP contribution in [0.1, 0.15) is 11.1 Å². The zero-order chi connectivity index (χ0) is 13.9.